The van der Waals surface area contributed by atoms with Gasteiger partial charge in [-0.3, -0.25) is 4.79 Å². The van der Waals surface area contributed by atoms with Crippen LogP contribution in [0.5, 0.6) is 0 Å². The van der Waals surface area contributed by atoms with Gasteiger partial charge < -0.3 is 25.2 Å². The van der Waals surface area contributed by atoms with Crippen molar-refractivity contribution in [3.63, 3.8) is 0 Å². The zero-order chi connectivity index (χ0) is 25.0. The summed E-state index contributed by atoms with van der Waals surface area (Å²) in [6, 6.07) is 16.3. The van der Waals surface area contributed by atoms with Gasteiger partial charge in [0.05, 0.1) is 0 Å². The molecule has 1 fully saturated rings. The van der Waals surface area contributed by atoms with Crippen LogP contribution in [0.25, 0.3) is 11.1 Å². The molecular formula is C27H32N2O6. The van der Waals surface area contributed by atoms with Gasteiger partial charge in [-0.2, -0.15) is 0 Å². The number of carboxylic acid groups (broad SMARTS) is 1. The van der Waals surface area contributed by atoms with Gasteiger partial charge in [0, 0.05) is 38.0 Å². The van der Waals surface area contributed by atoms with Gasteiger partial charge in [0.15, 0.2) is 6.10 Å². The van der Waals surface area contributed by atoms with Crippen LogP contribution in [0.2, 0.25) is 0 Å². The highest BCUT2D eigenvalue weighted by atomic mass is 16.5. The molecule has 0 bridgehead atoms. The van der Waals surface area contributed by atoms with Gasteiger partial charge in [0.2, 0.25) is 5.91 Å². The Morgan fingerprint density at radius 3 is 2.29 bits per heavy atom. The Hall–Kier alpha value is -3.39. The molecule has 35 heavy (non-hydrogen) atoms. The fourth-order valence-electron chi connectivity index (χ4n) is 4.88. The highest BCUT2D eigenvalue weighted by Gasteiger charge is 2.34. The van der Waals surface area contributed by atoms with E-state index >= 15 is 0 Å². The Bertz CT molecular complexity index is 1050. The monoisotopic (exact) mass is 480 g/mol. The van der Waals surface area contributed by atoms with Crippen molar-refractivity contribution < 1.29 is 29.0 Å². The molecule has 186 valence electrons. The second-order valence-corrected chi connectivity index (χ2v) is 10.0. The number of aliphatic carboxylic acids is 1. The third-order valence-corrected chi connectivity index (χ3v) is 6.71. The number of nitrogens with one attached hydrogen (secondary N) is 2. The minimum Gasteiger partial charge on any atom is -0.479 e. The molecule has 4 rings (SSSR count). The quantitative estimate of drug-likeness (QED) is 0.506. The Kier molecular flexibility index (Phi) is 7.40. The van der Waals surface area contributed by atoms with Crippen molar-refractivity contribution in [2.24, 2.45) is 11.3 Å². The van der Waals surface area contributed by atoms with E-state index in [9.17, 15) is 19.5 Å². The topological polar surface area (TPSA) is 114 Å². The summed E-state index contributed by atoms with van der Waals surface area (Å²) in [7, 11) is 0. The number of ether oxygens (including phenoxy) is 2. The molecule has 8 heteroatoms. The number of fused-ring (bicyclic) bond motifs is 3. The van der Waals surface area contributed by atoms with Crippen molar-refractivity contribution in [1.82, 2.24) is 10.6 Å². The van der Waals surface area contributed by atoms with Crippen LogP contribution in [0, 0.1) is 11.3 Å². The minimum absolute atomic E-state index is 0.0128. The van der Waals surface area contributed by atoms with Crippen molar-refractivity contribution in [1.29, 1.82) is 0 Å². The predicted molar refractivity (Wildman–Crippen MR) is 130 cm³/mol. The molecule has 1 heterocycles. The molecule has 2 aromatic carbocycles. The number of carboxylic acids is 1. The normalized spacial score (nSPS) is 19.0. The zero-order valence-corrected chi connectivity index (χ0v) is 20.1. The number of carbonyl (C=O) groups is 3. The molecule has 0 radical (unpaired) electrons. The van der Waals surface area contributed by atoms with Crippen molar-refractivity contribution in [3.8, 4) is 11.1 Å². The maximum Gasteiger partial charge on any atom is 0.407 e. The third kappa shape index (κ3) is 5.82. The Morgan fingerprint density at radius 1 is 1.03 bits per heavy atom. The maximum atomic E-state index is 12.5. The largest absolute Gasteiger partial charge is 0.479 e. The van der Waals surface area contributed by atoms with Crippen LogP contribution in [0.1, 0.15) is 43.7 Å². The summed E-state index contributed by atoms with van der Waals surface area (Å²) in [5.74, 6) is -1.45. The van der Waals surface area contributed by atoms with Crippen LogP contribution in [0.4, 0.5) is 4.79 Å². The lowest BCUT2D eigenvalue weighted by molar-refractivity contribution is -0.149. The van der Waals surface area contributed by atoms with Gasteiger partial charge in [-0.1, -0.05) is 62.4 Å². The first-order valence-electron chi connectivity index (χ1n) is 11.9. The average Bonchev–Trinajstić information content (AvgIpc) is 3.43. The highest BCUT2D eigenvalue weighted by molar-refractivity contribution is 5.79. The van der Waals surface area contributed by atoms with E-state index in [1.807, 2.05) is 38.1 Å². The van der Waals surface area contributed by atoms with E-state index in [0.29, 0.717) is 13.0 Å². The molecule has 0 saturated carbocycles. The molecule has 2 aromatic rings. The van der Waals surface area contributed by atoms with Crippen LogP contribution in [0.15, 0.2) is 48.5 Å². The summed E-state index contributed by atoms with van der Waals surface area (Å²) in [4.78, 5) is 36.1. The Morgan fingerprint density at radius 2 is 1.66 bits per heavy atom. The molecule has 8 nitrogen and oxygen atoms in total. The minimum atomic E-state index is -1.01. The molecule has 0 unspecified atom stereocenters. The van der Waals surface area contributed by atoms with Crippen LogP contribution >= 0.6 is 0 Å². The fourth-order valence-corrected chi connectivity index (χ4v) is 4.88. The summed E-state index contributed by atoms with van der Waals surface area (Å²) >= 11 is 0. The molecule has 3 N–H and O–H groups in total. The van der Waals surface area contributed by atoms with Crippen molar-refractivity contribution in [2.45, 2.75) is 38.7 Å². The van der Waals surface area contributed by atoms with Gasteiger partial charge in [-0.05, 0) is 34.1 Å². The van der Waals surface area contributed by atoms with Crippen molar-refractivity contribution in [2.75, 3.05) is 26.3 Å². The summed E-state index contributed by atoms with van der Waals surface area (Å²) in [6.07, 6.45) is -0.613. The maximum absolute atomic E-state index is 12.5. The summed E-state index contributed by atoms with van der Waals surface area (Å²) < 4.78 is 10.8. The van der Waals surface area contributed by atoms with Crippen LogP contribution < -0.4 is 10.6 Å². The summed E-state index contributed by atoms with van der Waals surface area (Å²) in [5.41, 5.74) is 4.13. The molecule has 2 atom stereocenters. The van der Waals surface area contributed by atoms with Gasteiger partial charge in [-0.25, -0.2) is 9.59 Å². The smallest absolute Gasteiger partial charge is 0.407 e. The van der Waals surface area contributed by atoms with Crippen molar-refractivity contribution >= 4 is 18.0 Å². The van der Waals surface area contributed by atoms with Crippen LogP contribution in [0.3, 0.4) is 0 Å². The molecule has 2 aliphatic rings. The lowest BCUT2D eigenvalue weighted by atomic mass is 9.88. The van der Waals surface area contributed by atoms with E-state index in [2.05, 4.69) is 34.9 Å². The number of alkyl carbamates (subject to hydrolysis) is 1. The van der Waals surface area contributed by atoms with E-state index in [4.69, 9.17) is 9.47 Å². The average molecular weight is 481 g/mol. The molecule has 2 amide bonds. The van der Waals surface area contributed by atoms with E-state index in [0.717, 1.165) is 11.1 Å². The zero-order valence-electron chi connectivity index (χ0n) is 20.1. The number of carbonyl (C=O) groups excluding carboxylic acids is 2. The molecule has 1 saturated heterocycles. The van der Waals surface area contributed by atoms with E-state index in [1.54, 1.807) is 0 Å². The fraction of sp³-hybridized carbons (Fsp3) is 0.444. The second-order valence-electron chi connectivity index (χ2n) is 10.0. The molecule has 0 aromatic heterocycles. The van der Waals surface area contributed by atoms with Gasteiger partial charge in [0.25, 0.3) is 0 Å². The number of benzene rings is 2. The molecule has 1 aliphatic carbocycles. The van der Waals surface area contributed by atoms with Crippen molar-refractivity contribution in [3.05, 3.63) is 59.7 Å². The Labute approximate surface area is 205 Å². The van der Waals surface area contributed by atoms with Gasteiger partial charge >= 0.3 is 12.1 Å². The Balaban J connectivity index is 1.23. The number of hydrogen-bond acceptors (Lipinski definition) is 5. The molecule has 1 aliphatic heterocycles. The third-order valence-electron chi connectivity index (χ3n) is 6.71. The second kappa shape index (κ2) is 10.5. The lowest BCUT2D eigenvalue weighted by Crippen LogP contribution is -2.40. The number of amides is 2. The first-order valence-corrected chi connectivity index (χ1v) is 11.9. The van der Waals surface area contributed by atoms with Crippen LogP contribution in [-0.4, -0.2) is 55.5 Å². The van der Waals surface area contributed by atoms with E-state index in [-0.39, 0.29) is 43.9 Å². The van der Waals surface area contributed by atoms with Gasteiger partial charge in [0.1, 0.15) is 6.61 Å². The van der Waals surface area contributed by atoms with Gasteiger partial charge in [-0.15, -0.1) is 0 Å². The number of rotatable bonds is 9. The molecule has 0 spiro atoms. The standard InChI is InChI=1S/C27H32N2O6/c1-27(2,13-23(30)28-14-17-11-12-34-24(17)25(31)32)16-29-26(33)35-15-22-20-9-5-3-7-18(20)19-8-4-6-10-21(19)22/h3-10,17,22,24H,11-16H2,1-2H3,(H,28,30)(H,29,33)(H,31,32)/t17-,24-/m1/s1. The van der Waals surface area contributed by atoms with E-state index in [1.165, 1.54) is 11.1 Å². The SMILES string of the molecule is CC(C)(CNC(=O)OCC1c2ccccc2-c2ccccc21)CC(=O)NC[C@H]1CCO[C@H]1C(=O)O. The summed E-state index contributed by atoms with van der Waals surface area (Å²) in [5, 5.41) is 14.8. The first-order chi connectivity index (χ1) is 16.7. The summed E-state index contributed by atoms with van der Waals surface area (Å²) in [6.45, 7) is 4.90. The predicted octanol–water partition coefficient (Wildman–Crippen LogP) is 3.55. The lowest BCUT2D eigenvalue weighted by Gasteiger charge is -2.25. The van der Waals surface area contributed by atoms with Crippen LogP contribution in [-0.2, 0) is 19.1 Å². The van der Waals surface area contributed by atoms with E-state index < -0.39 is 23.6 Å². The highest BCUT2D eigenvalue weighted by Crippen LogP contribution is 2.44. The molecular weight excluding hydrogens is 448 g/mol. The number of hydrogen-bond donors (Lipinski definition) is 3. The first kappa shape index (κ1) is 24.7.